The van der Waals surface area contributed by atoms with Gasteiger partial charge in [0.15, 0.2) is 0 Å². The van der Waals surface area contributed by atoms with Crippen molar-refractivity contribution in [3.63, 3.8) is 0 Å². The van der Waals surface area contributed by atoms with Gasteiger partial charge in [-0.25, -0.2) is 4.98 Å². The molecule has 6 nitrogen and oxygen atoms in total. The van der Waals surface area contributed by atoms with E-state index in [9.17, 15) is 19.8 Å². The molecule has 1 aromatic heterocycles. The number of esters is 1. The van der Waals surface area contributed by atoms with Crippen LogP contribution in [0, 0.1) is 23.7 Å². The number of carbonyl (C=O) groups excluding carboxylic acids is 2. The Morgan fingerprint density at radius 1 is 1.21 bits per heavy atom. The molecular formula is C27H41NO5S. The lowest BCUT2D eigenvalue weighted by molar-refractivity contribution is -0.154. The van der Waals surface area contributed by atoms with E-state index < -0.39 is 41.0 Å². The summed E-state index contributed by atoms with van der Waals surface area (Å²) in [6, 6.07) is 0. The van der Waals surface area contributed by atoms with E-state index in [0.29, 0.717) is 6.42 Å². The number of nitrogens with zero attached hydrogens (tertiary/aromatic N) is 1. The van der Waals surface area contributed by atoms with Crippen LogP contribution in [-0.4, -0.2) is 45.3 Å². The van der Waals surface area contributed by atoms with E-state index in [2.05, 4.69) is 11.1 Å². The Labute approximate surface area is 208 Å². The molecule has 34 heavy (non-hydrogen) atoms. The summed E-state index contributed by atoms with van der Waals surface area (Å²) in [5.41, 5.74) is 0.0409. The maximum atomic E-state index is 13.3. The maximum absolute atomic E-state index is 13.3. The molecule has 0 aliphatic carbocycles. The van der Waals surface area contributed by atoms with Crippen LogP contribution in [0.3, 0.4) is 0 Å². The lowest BCUT2D eigenvalue weighted by Gasteiger charge is -2.38. The molecule has 0 unspecified atom stereocenters. The van der Waals surface area contributed by atoms with Gasteiger partial charge in [0, 0.05) is 17.7 Å². The smallest absolute Gasteiger partial charge is 0.309 e. The Bertz CT molecular complexity index is 914. The molecule has 0 radical (unpaired) electrons. The number of aliphatic hydroxyl groups excluding tert-OH is 2. The van der Waals surface area contributed by atoms with Crippen molar-refractivity contribution in [3.05, 3.63) is 33.8 Å². The summed E-state index contributed by atoms with van der Waals surface area (Å²) in [7, 11) is 0. The predicted molar refractivity (Wildman–Crippen MR) is 136 cm³/mol. The highest BCUT2D eigenvalue weighted by Gasteiger charge is 2.44. The number of thiazole rings is 1. The van der Waals surface area contributed by atoms with Gasteiger partial charge in [0.2, 0.25) is 0 Å². The van der Waals surface area contributed by atoms with Crippen LogP contribution in [0.4, 0.5) is 0 Å². The van der Waals surface area contributed by atoms with E-state index in [4.69, 9.17) is 4.74 Å². The normalized spacial score (nSPS) is 30.6. The molecule has 0 bridgehead atoms. The minimum absolute atomic E-state index is 0.258. The third kappa shape index (κ3) is 7.33. The van der Waals surface area contributed by atoms with Crippen molar-refractivity contribution in [2.24, 2.45) is 16.7 Å². The molecule has 0 saturated carbocycles. The molecule has 0 saturated heterocycles. The SMILES string of the molecule is C/C(=C\c1csc(C)n1)[C@H]1C/C=C\CCCC(C)(C)[C@@H](O)[C@@H](C)C(=O)C(C)(C)[C@@H](O)CC(=O)O1. The monoisotopic (exact) mass is 491 g/mol. The average molecular weight is 492 g/mol. The van der Waals surface area contributed by atoms with E-state index in [-0.39, 0.29) is 12.2 Å². The second-order valence-corrected chi connectivity index (χ2v) is 11.8. The average Bonchev–Trinajstić information content (AvgIpc) is 3.17. The molecule has 0 amide bonds. The van der Waals surface area contributed by atoms with Gasteiger partial charge >= 0.3 is 5.97 Å². The summed E-state index contributed by atoms with van der Waals surface area (Å²) < 4.78 is 5.77. The molecule has 0 spiro atoms. The molecule has 2 rings (SSSR count). The fourth-order valence-corrected chi connectivity index (χ4v) is 5.02. The van der Waals surface area contributed by atoms with Crippen LogP contribution >= 0.6 is 11.3 Å². The molecule has 2 heterocycles. The number of hydrogen-bond donors (Lipinski definition) is 2. The van der Waals surface area contributed by atoms with Crippen molar-refractivity contribution in [2.45, 2.75) is 98.9 Å². The molecule has 7 heteroatoms. The van der Waals surface area contributed by atoms with Crippen molar-refractivity contribution in [1.29, 1.82) is 0 Å². The topological polar surface area (TPSA) is 96.7 Å². The van der Waals surface area contributed by atoms with Crippen LogP contribution in [0.5, 0.6) is 0 Å². The van der Waals surface area contributed by atoms with Crippen molar-refractivity contribution < 1.29 is 24.5 Å². The van der Waals surface area contributed by atoms with Gasteiger partial charge in [0.25, 0.3) is 0 Å². The summed E-state index contributed by atoms with van der Waals surface area (Å²) in [6.07, 6.45) is 6.13. The quantitative estimate of drug-likeness (QED) is 0.432. The van der Waals surface area contributed by atoms with E-state index in [1.54, 1.807) is 32.1 Å². The molecule has 4 atom stereocenters. The highest BCUT2D eigenvalue weighted by molar-refractivity contribution is 7.09. The minimum Gasteiger partial charge on any atom is -0.457 e. The fraction of sp³-hybridized carbons (Fsp3) is 0.667. The van der Waals surface area contributed by atoms with E-state index in [1.807, 2.05) is 45.2 Å². The van der Waals surface area contributed by atoms with E-state index in [1.165, 1.54) is 0 Å². The van der Waals surface area contributed by atoms with Gasteiger partial charge in [-0.1, -0.05) is 46.8 Å². The molecule has 1 aromatic rings. The van der Waals surface area contributed by atoms with Gasteiger partial charge < -0.3 is 14.9 Å². The van der Waals surface area contributed by atoms with Crippen LogP contribution in [-0.2, 0) is 14.3 Å². The van der Waals surface area contributed by atoms with Crippen LogP contribution in [0.15, 0.2) is 23.1 Å². The van der Waals surface area contributed by atoms with Gasteiger partial charge in [-0.2, -0.15) is 0 Å². The molecule has 2 N–H and O–H groups in total. The van der Waals surface area contributed by atoms with Gasteiger partial charge in [-0.05, 0) is 50.2 Å². The van der Waals surface area contributed by atoms with Gasteiger partial charge in [0.1, 0.15) is 11.9 Å². The van der Waals surface area contributed by atoms with Crippen LogP contribution in [0.2, 0.25) is 0 Å². The zero-order chi connectivity index (χ0) is 25.7. The summed E-state index contributed by atoms with van der Waals surface area (Å²) in [5.74, 6) is -1.49. The Kier molecular flexibility index (Phi) is 9.80. The first-order valence-corrected chi connectivity index (χ1v) is 13.0. The lowest BCUT2D eigenvalue weighted by Crippen LogP contribution is -2.47. The van der Waals surface area contributed by atoms with Crippen molar-refractivity contribution in [3.8, 4) is 0 Å². The molecular weight excluding hydrogens is 450 g/mol. The zero-order valence-corrected chi connectivity index (χ0v) is 22.4. The number of carbonyl (C=O) groups is 2. The first-order chi connectivity index (χ1) is 15.8. The molecule has 190 valence electrons. The van der Waals surface area contributed by atoms with Crippen LogP contribution < -0.4 is 0 Å². The van der Waals surface area contributed by atoms with Gasteiger partial charge in [-0.15, -0.1) is 11.3 Å². The molecule has 0 aromatic carbocycles. The van der Waals surface area contributed by atoms with Crippen molar-refractivity contribution in [1.82, 2.24) is 4.98 Å². The standard InChI is InChI=1S/C27H41NO5S/c1-17(14-20-16-34-19(3)28-20)21-12-10-8-9-11-13-26(4,5)24(31)18(2)25(32)27(6,7)22(29)15-23(30)33-21/h8,10,14,16,18,21-22,24,29,31H,9,11-13,15H2,1-7H3/b10-8-,17-14+/t18-,21-,22+,24+/m1/s1. The number of Topliss-reactive ketones (excluding diaryl/α,β-unsaturated/α-hetero) is 1. The largest absolute Gasteiger partial charge is 0.457 e. The number of aromatic nitrogens is 1. The number of ketones is 1. The second-order valence-electron chi connectivity index (χ2n) is 10.8. The minimum atomic E-state index is -1.22. The molecule has 0 fully saturated rings. The summed E-state index contributed by atoms with van der Waals surface area (Å²) in [6.45, 7) is 12.8. The number of hydrogen-bond acceptors (Lipinski definition) is 7. The van der Waals surface area contributed by atoms with Crippen LogP contribution in [0.1, 0.15) is 84.3 Å². The van der Waals surface area contributed by atoms with Crippen molar-refractivity contribution >= 4 is 29.2 Å². The first-order valence-electron chi connectivity index (χ1n) is 12.1. The molecule has 1 aliphatic heterocycles. The summed E-state index contributed by atoms with van der Waals surface area (Å²) >= 11 is 1.56. The fourth-order valence-electron chi connectivity index (χ4n) is 4.45. The third-order valence-electron chi connectivity index (χ3n) is 7.02. The van der Waals surface area contributed by atoms with Gasteiger partial charge in [-0.3, -0.25) is 9.59 Å². The summed E-state index contributed by atoms with van der Waals surface area (Å²) in [4.78, 5) is 30.5. The van der Waals surface area contributed by atoms with Crippen LogP contribution in [0.25, 0.3) is 6.08 Å². The van der Waals surface area contributed by atoms with Gasteiger partial charge in [0.05, 0.1) is 34.7 Å². The highest BCUT2D eigenvalue weighted by Crippen LogP contribution is 2.37. The third-order valence-corrected chi connectivity index (χ3v) is 7.81. The number of cyclic esters (lactones) is 1. The Hall–Kier alpha value is -1.83. The number of aryl methyl sites for hydroxylation is 1. The number of allylic oxidation sites excluding steroid dienone is 1. The number of rotatable bonds is 2. The van der Waals surface area contributed by atoms with E-state index in [0.717, 1.165) is 35.5 Å². The lowest BCUT2D eigenvalue weighted by atomic mass is 9.69. The van der Waals surface area contributed by atoms with Crippen molar-refractivity contribution in [2.75, 3.05) is 0 Å². The Morgan fingerprint density at radius 3 is 2.50 bits per heavy atom. The maximum Gasteiger partial charge on any atom is 0.309 e. The highest BCUT2D eigenvalue weighted by atomic mass is 32.1. The second kappa shape index (κ2) is 11.7. The Morgan fingerprint density at radius 2 is 1.88 bits per heavy atom. The van der Waals surface area contributed by atoms with E-state index >= 15 is 0 Å². The zero-order valence-electron chi connectivity index (χ0n) is 21.6. The first kappa shape index (κ1) is 28.4. The number of aliphatic hydroxyl groups is 2. The predicted octanol–water partition coefficient (Wildman–Crippen LogP) is 5.27. The summed E-state index contributed by atoms with van der Waals surface area (Å²) in [5, 5.41) is 24.7. The molecule has 1 aliphatic rings. The Balaban J connectivity index is 2.31. The number of ether oxygens (including phenoxy) is 1.